The van der Waals surface area contributed by atoms with Crippen LogP contribution in [0.4, 0.5) is 5.69 Å². The average molecular weight is 518 g/mol. The highest BCUT2D eigenvalue weighted by atomic mass is 32.2. The number of ether oxygens (including phenoxy) is 3. The lowest BCUT2D eigenvalue weighted by Gasteiger charge is -2.21. The predicted molar refractivity (Wildman–Crippen MR) is 130 cm³/mol. The van der Waals surface area contributed by atoms with E-state index in [1.807, 2.05) is 6.92 Å². The lowest BCUT2D eigenvalue weighted by atomic mass is 10.2. The molecule has 1 aliphatic heterocycles. The van der Waals surface area contributed by atoms with Crippen LogP contribution in [0.15, 0.2) is 35.4 Å². The molecule has 0 amide bonds. The Kier molecular flexibility index (Phi) is 7.40. The average Bonchev–Trinajstić information content (AvgIpc) is 3.40. The van der Waals surface area contributed by atoms with Crippen molar-refractivity contribution in [1.29, 1.82) is 0 Å². The molecule has 1 atom stereocenters. The summed E-state index contributed by atoms with van der Waals surface area (Å²) in [5.41, 5.74) is -0.408. The smallest absolute Gasteiger partial charge is 0.286 e. The van der Waals surface area contributed by atoms with Crippen molar-refractivity contribution in [2.24, 2.45) is 0 Å². The third-order valence-corrected chi connectivity index (χ3v) is 6.88. The molecule has 4 rings (SSSR count). The van der Waals surface area contributed by atoms with Crippen molar-refractivity contribution in [2.75, 3.05) is 31.3 Å². The number of aromatic nitrogens is 4. The molecule has 192 valence electrons. The van der Waals surface area contributed by atoms with E-state index in [2.05, 4.69) is 19.7 Å². The van der Waals surface area contributed by atoms with Crippen LogP contribution in [0.3, 0.4) is 0 Å². The summed E-state index contributed by atoms with van der Waals surface area (Å²) in [6, 6.07) is 4.94. The van der Waals surface area contributed by atoms with Crippen LogP contribution in [0.5, 0.6) is 17.4 Å². The number of nitrogens with zero attached hydrogens (tertiary/aromatic N) is 4. The van der Waals surface area contributed by atoms with Gasteiger partial charge in [0.15, 0.2) is 5.69 Å². The lowest BCUT2D eigenvalue weighted by molar-refractivity contribution is 0.102. The molecule has 1 fully saturated rings. The molecule has 3 heterocycles. The molecule has 1 saturated heterocycles. The minimum absolute atomic E-state index is 0.00627. The minimum atomic E-state index is -4.09. The highest BCUT2D eigenvalue weighted by Crippen LogP contribution is 2.37. The van der Waals surface area contributed by atoms with Crippen LogP contribution in [0, 0.1) is 6.92 Å². The van der Waals surface area contributed by atoms with E-state index in [1.165, 1.54) is 14.2 Å². The van der Waals surface area contributed by atoms with Gasteiger partial charge < -0.3 is 19.3 Å². The van der Waals surface area contributed by atoms with E-state index in [-0.39, 0.29) is 29.4 Å². The fourth-order valence-electron chi connectivity index (χ4n) is 3.86. The summed E-state index contributed by atoms with van der Waals surface area (Å²) in [6.45, 7) is 2.28. The standard InChI is InChI=1S/C23H27N5O7S/c1-14-12-24-18(25-13-14)9-11-36(31,32)27-19-22(29)26-21(17-8-5-10-35-17)28(23(19)30)20-15(33-2)6-4-7-16(20)34-3/h4,6-7,12-13,17,27,29H,5,8-11H2,1-3H3/t17-/m0/s1. The van der Waals surface area contributed by atoms with E-state index in [0.29, 0.717) is 18.9 Å². The van der Waals surface area contributed by atoms with Gasteiger partial charge in [0.05, 0.1) is 20.0 Å². The van der Waals surface area contributed by atoms with Gasteiger partial charge in [-0.25, -0.2) is 18.4 Å². The summed E-state index contributed by atoms with van der Waals surface area (Å²) in [5, 5.41) is 10.6. The van der Waals surface area contributed by atoms with Crippen LogP contribution < -0.4 is 19.8 Å². The molecule has 12 nitrogen and oxygen atoms in total. The summed E-state index contributed by atoms with van der Waals surface area (Å²) in [5.74, 6) is -0.166. The van der Waals surface area contributed by atoms with Gasteiger partial charge in [-0.2, -0.15) is 4.98 Å². The molecule has 3 aromatic rings. The van der Waals surface area contributed by atoms with Crippen molar-refractivity contribution in [3.8, 4) is 23.1 Å². The normalized spacial score (nSPS) is 15.6. The van der Waals surface area contributed by atoms with Crippen LogP contribution in [-0.4, -0.2) is 59.6 Å². The van der Waals surface area contributed by atoms with Gasteiger partial charge in [0.25, 0.3) is 5.56 Å². The van der Waals surface area contributed by atoms with Gasteiger partial charge >= 0.3 is 0 Å². The van der Waals surface area contributed by atoms with Crippen LogP contribution in [0.2, 0.25) is 0 Å². The second-order valence-corrected chi connectivity index (χ2v) is 10.0. The molecule has 0 saturated carbocycles. The van der Waals surface area contributed by atoms with Crippen LogP contribution in [0.1, 0.15) is 36.2 Å². The molecule has 0 unspecified atom stereocenters. The van der Waals surface area contributed by atoms with Crippen LogP contribution in [0.25, 0.3) is 5.69 Å². The zero-order chi connectivity index (χ0) is 25.9. The first kappa shape index (κ1) is 25.4. The summed E-state index contributed by atoms with van der Waals surface area (Å²) in [6.07, 6.45) is 3.88. The molecular formula is C23H27N5O7S. The molecule has 1 aromatic carbocycles. The zero-order valence-corrected chi connectivity index (χ0v) is 20.9. The van der Waals surface area contributed by atoms with Crippen molar-refractivity contribution in [1.82, 2.24) is 19.5 Å². The highest BCUT2D eigenvalue weighted by Gasteiger charge is 2.30. The van der Waals surface area contributed by atoms with E-state index >= 15 is 0 Å². The third kappa shape index (κ3) is 5.26. The van der Waals surface area contributed by atoms with Crippen molar-refractivity contribution < 1.29 is 27.7 Å². The zero-order valence-electron chi connectivity index (χ0n) is 20.1. The Labute approximate surface area is 208 Å². The van der Waals surface area contributed by atoms with E-state index in [4.69, 9.17) is 14.2 Å². The Morgan fingerprint density at radius 3 is 2.44 bits per heavy atom. The van der Waals surface area contributed by atoms with Crippen molar-refractivity contribution in [3.05, 3.63) is 58.2 Å². The fraction of sp³-hybridized carbons (Fsp3) is 0.391. The monoisotopic (exact) mass is 517 g/mol. The first-order chi connectivity index (χ1) is 17.2. The van der Waals surface area contributed by atoms with Gasteiger partial charge in [-0.1, -0.05) is 6.07 Å². The number of nitrogens with one attached hydrogen (secondary N) is 1. The maximum absolute atomic E-state index is 13.7. The minimum Gasteiger partial charge on any atom is -0.494 e. The van der Waals surface area contributed by atoms with Crippen molar-refractivity contribution >= 4 is 15.7 Å². The van der Waals surface area contributed by atoms with Gasteiger partial charge in [-0.05, 0) is 37.5 Å². The van der Waals surface area contributed by atoms with E-state index in [9.17, 15) is 18.3 Å². The van der Waals surface area contributed by atoms with E-state index in [1.54, 1.807) is 30.6 Å². The predicted octanol–water partition coefficient (Wildman–Crippen LogP) is 1.89. The van der Waals surface area contributed by atoms with E-state index in [0.717, 1.165) is 16.6 Å². The Bertz CT molecular complexity index is 1380. The molecule has 0 spiro atoms. The van der Waals surface area contributed by atoms with Crippen molar-refractivity contribution in [2.45, 2.75) is 32.3 Å². The van der Waals surface area contributed by atoms with Crippen LogP contribution >= 0.6 is 0 Å². The molecule has 2 aromatic heterocycles. The highest BCUT2D eigenvalue weighted by molar-refractivity contribution is 7.92. The largest absolute Gasteiger partial charge is 0.494 e. The molecule has 0 radical (unpaired) electrons. The maximum Gasteiger partial charge on any atom is 0.286 e. The van der Waals surface area contributed by atoms with E-state index < -0.39 is 39.0 Å². The Morgan fingerprint density at radius 1 is 1.19 bits per heavy atom. The third-order valence-electron chi connectivity index (χ3n) is 5.62. The number of aromatic hydroxyl groups is 1. The number of anilines is 1. The number of rotatable bonds is 9. The Balaban J connectivity index is 1.79. The first-order valence-electron chi connectivity index (χ1n) is 11.2. The number of aryl methyl sites for hydroxylation is 2. The number of methoxy groups -OCH3 is 2. The molecule has 1 aliphatic rings. The molecular weight excluding hydrogens is 490 g/mol. The number of para-hydroxylation sites is 1. The number of hydrogen-bond acceptors (Lipinski definition) is 10. The molecule has 0 aliphatic carbocycles. The molecule has 13 heteroatoms. The lowest BCUT2D eigenvalue weighted by Crippen LogP contribution is -2.31. The number of sulfonamides is 1. The SMILES string of the molecule is COc1cccc(OC)c1-n1c([C@@H]2CCCO2)nc(O)c(NS(=O)(=O)CCc2ncc(C)cn2)c1=O. The summed E-state index contributed by atoms with van der Waals surface area (Å²) < 4.78 is 45.7. The molecule has 36 heavy (non-hydrogen) atoms. The van der Waals surface area contributed by atoms with Gasteiger partial charge in [-0.3, -0.25) is 14.1 Å². The number of hydrogen-bond donors (Lipinski definition) is 2. The van der Waals surface area contributed by atoms with Gasteiger partial charge in [0, 0.05) is 25.4 Å². The quantitative estimate of drug-likeness (QED) is 0.430. The van der Waals surface area contributed by atoms with Gasteiger partial charge in [-0.15, -0.1) is 0 Å². The summed E-state index contributed by atoms with van der Waals surface area (Å²) in [7, 11) is -1.23. The Morgan fingerprint density at radius 2 is 1.86 bits per heavy atom. The fourth-order valence-corrected chi connectivity index (χ4v) is 4.90. The molecule has 2 N–H and O–H groups in total. The first-order valence-corrected chi connectivity index (χ1v) is 12.9. The number of benzene rings is 1. The summed E-state index contributed by atoms with van der Waals surface area (Å²) in [4.78, 5) is 26.1. The topological polar surface area (TPSA) is 155 Å². The second-order valence-electron chi connectivity index (χ2n) is 8.17. The summed E-state index contributed by atoms with van der Waals surface area (Å²) >= 11 is 0. The van der Waals surface area contributed by atoms with Gasteiger partial charge in [0.1, 0.15) is 34.9 Å². The second kappa shape index (κ2) is 10.5. The van der Waals surface area contributed by atoms with Crippen molar-refractivity contribution in [3.63, 3.8) is 0 Å². The Hall–Kier alpha value is -3.71. The molecule has 0 bridgehead atoms. The maximum atomic E-state index is 13.7. The van der Waals surface area contributed by atoms with Crippen LogP contribution in [-0.2, 0) is 21.2 Å². The van der Waals surface area contributed by atoms with Gasteiger partial charge in [0.2, 0.25) is 15.9 Å².